The summed E-state index contributed by atoms with van der Waals surface area (Å²) >= 11 is 0. The van der Waals surface area contributed by atoms with Crippen molar-refractivity contribution in [3.63, 3.8) is 0 Å². The van der Waals surface area contributed by atoms with Crippen LogP contribution in [-0.4, -0.2) is 47.1 Å². The Bertz CT molecular complexity index is 495. The molecule has 0 radical (unpaired) electrons. The summed E-state index contributed by atoms with van der Waals surface area (Å²) in [5.74, 6) is -11.3. The molecule has 0 aliphatic carbocycles. The van der Waals surface area contributed by atoms with Gasteiger partial charge in [-0.2, -0.15) is 52.7 Å². The highest BCUT2D eigenvalue weighted by atomic mass is 19.4. The molecule has 5 nitrogen and oxygen atoms in total. The molecule has 0 bridgehead atoms. The number of hydrogen-bond acceptors (Lipinski definition) is 4. The van der Waals surface area contributed by atoms with Crippen molar-refractivity contribution < 1.29 is 67.3 Å². The lowest BCUT2D eigenvalue weighted by molar-refractivity contribution is -0.592. The van der Waals surface area contributed by atoms with Crippen molar-refractivity contribution in [1.29, 1.82) is 0 Å². The average Bonchev–Trinajstić information content (AvgIpc) is 2.23. The molecule has 1 rings (SSSR count). The highest BCUT2D eigenvalue weighted by molar-refractivity contribution is 5.74. The van der Waals surface area contributed by atoms with Crippen LogP contribution < -0.4 is 11.3 Å². The molecular formula is C7H4F12N2O3. The number of carboxylic acid groups (broad SMARTS) is 1. The van der Waals surface area contributed by atoms with Gasteiger partial charge in [0.05, 0.1) is 0 Å². The molecule has 4 N–H and O–H groups in total. The number of rotatable bonds is 3. The predicted molar refractivity (Wildman–Crippen MR) is 43.6 cm³/mol. The lowest BCUT2D eigenvalue weighted by Crippen LogP contribution is -2.80. The Morgan fingerprint density at radius 2 is 1.12 bits per heavy atom. The monoisotopic (exact) mass is 392 g/mol. The van der Waals surface area contributed by atoms with Crippen molar-refractivity contribution in [3.05, 3.63) is 0 Å². The molecule has 0 aromatic heterocycles. The van der Waals surface area contributed by atoms with Crippen LogP contribution in [0, 0.1) is 0 Å². The summed E-state index contributed by atoms with van der Waals surface area (Å²) in [6.07, 6.45) is -13.6. The van der Waals surface area contributed by atoms with E-state index >= 15 is 0 Å². The van der Waals surface area contributed by atoms with E-state index in [1.54, 1.807) is 4.74 Å². The van der Waals surface area contributed by atoms with E-state index in [2.05, 4.69) is 0 Å². The minimum Gasteiger partial charge on any atom is -0.544 e. The van der Waals surface area contributed by atoms with Gasteiger partial charge in [-0.3, -0.25) is 0 Å². The smallest absolute Gasteiger partial charge is 0.439 e. The molecule has 0 unspecified atom stereocenters. The molecule has 17 heteroatoms. The van der Waals surface area contributed by atoms with Crippen molar-refractivity contribution in [2.75, 3.05) is 0 Å². The number of quaternary nitrogens is 1. The van der Waals surface area contributed by atoms with E-state index in [-0.39, 0.29) is 6.15 Å². The standard InChI is InChI=1S/C7HF12NO3.H3N/c8-2(9,1(21)22)3(10,11)20-4(12,13)6(16,17)23-7(18,19)5(20,14)15;/h(H,21,22);1H3. The molecule has 1 fully saturated rings. The normalized spacial score (nSPS) is 25.7. The highest BCUT2D eigenvalue weighted by Gasteiger charge is 2.89. The lowest BCUT2D eigenvalue weighted by atomic mass is 10.2. The summed E-state index contributed by atoms with van der Waals surface area (Å²) in [5.41, 5.74) is 0. The summed E-state index contributed by atoms with van der Waals surface area (Å²) in [6.45, 7) is 0. The molecule has 1 heterocycles. The van der Waals surface area contributed by atoms with Crippen molar-refractivity contribution in [1.82, 2.24) is 11.1 Å². The Kier molecular flexibility index (Phi) is 4.93. The van der Waals surface area contributed by atoms with Crippen LogP contribution in [0.1, 0.15) is 0 Å². The van der Waals surface area contributed by atoms with E-state index in [1.807, 2.05) is 0 Å². The lowest BCUT2D eigenvalue weighted by Gasteiger charge is -2.50. The molecule has 0 aromatic carbocycles. The maximum absolute atomic E-state index is 13.1. The number of morpholine rings is 1. The van der Waals surface area contributed by atoms with Gasteiger partial charge in [-0.15, -0.1) is 0 Å². The van der Waals surface area contributed by atoms with Gasteiger partial charge in [-0.05, 0) is 0 Å². The second-order valence-electron chi connectivity index (χ2n) is 3.96. The molecule has 144 valence electrons. The third kappa shape index (κ3) is 2.53. The average molecular weight is 392 g/mol. The van der Waals surface area contributed by atoms with Gasteiger partial charge in [0, 0.05) is 0 Å². The Morgan fingerprint density at radius 1 is 0.833 bits per heavy atom. The van der Waals surface area contributed by atoms with Gasteiger partial charge in [0.25, 0.3) is 0 Å². The molecular weight excluding hydrogens is 388 g/mol. The second kappa shape index (κ2) is 5.25. The Balaban J connectivity index is 0.00000529. The summed E-state index contributed by atoms with van der Waals surface area (Å²) in [4.78, 5) is 5.88. The molecule has 1 aliphatic rings. The maximum Gasteiger partial charge on any atom is 0.439 e. The summed E-state index contributed by atoms with van der Waals surface area (Å²) < 4.78 is 156. The third-order valence-electron chi connectivity index (χ3n) is 2.43. The Labute approximate surface area is 122 Å². The van der Waals surface area contributed by atoms with Crippen molar-refractivity contribution in [2.45, 2.75) is 36.3 Å². The number of hydrogen-bond donors (Lipinski definition) is 1. The number of carbonyl (C=O) groups excluding carboxylic acids is 1. The summed E-state index contributed by atoms with van der Waals surface area (Å²) in [7, 11) is 0. The van der Waals surface area contributed by atoms with Crippen molar-refractivity contribution in [3.8, 4) is 0 Å². The van der Waals surface area contributed by atoms with Crippen LogP contribution in [0.25, 0.3) is 0 Å². The zero-order chi connectivity index (χ0) is 18.9. The van der Waals surface area contributed by atoms with Gasteiger partial charge in [-0.25, -0.2) is 4.74 Å². The van der Waals surface area contributed by atoms with Gasteiger partial charge >= 0.3 is 36.3 Å². The van der Waals surface area contributed by atoms with E-state index in [4.69, 9.17) is 0 Å². The SMILES string of the molecule is O=C([O-])C(F)(F)C(F)(F)N1C(F)(F)C(F)(F)OC(F)(F)C1(F)F.[NH4+]. The van der Waals surface area contributed by atoms with Crippen LogP contribution in [0.4, 0.5) is 52.7 Å². The third-order valence-corrected chi connectivity index (χ3v) is 2.43. The van der Waals surface area contributed by atoms with Gasteiger partial charge in [0.2, 0.25) is 0 Å². The van der Waals surface area contributed by atoms with E-state index in [1.165, 1.54) is 0 Å². The van der Waals surface area contributed by atoms with Crippen molar-refractivity contribution in [2.24, 2.45) is 0 Å². The minimum atomic E-state index is -7.44. The molecule has 1 aliphatic heterocycles. The van der Waals surface area contributed by atoms with E-state index < -0.39 is 47.1 Å². The first kappa shape index (κ1) is 22.5. The van der Waals surface area contributed by atoms with E-state index in [0.29, 0.717) is 0 Å². The molecule has 0 atom stereocenters. The quantitative estimate of drug-likeness (QED) is 0.588. The van der Waals surface area contributed by atoms with Crippen LogP contribution in [0.3, 0.4) is 0 Å². The number of ether oxygens (including phenoxy) is 1. The highest BCUT2D eigenvalue weighted by Crippen LogP contribution is 2.60. The molecule has 0 aromatic rings. The van der Waals surface area contributed by atoms with Gasteiger partial charge < -0.3 is 16.1 Å². The first-order valence-electron chi connectivity index (χ1n) is 4.76. The van der Waals surface area contributed by atoms with E-state index in [0.717, 1.165) is 0 Å². The van der Waals surface area contributed by atoms with Gasteiger partial charge in [0.1, 0.15) is 5.97 Å². The fraction of sp³-hybridized carbons (Fsp3) is 0.857. The van der Waals surface area contributed by atoms with Crippen LogP contribution in [0.2, 0.25) is 0 Å². The Morgan fingerprint density at radius 3 is 1.38 bits per heavy atom. The number of aliphatic carboxylic acids is 1. The fourth-order valence-electron chi connectivity index (χ4n) is 1.34. The zero-order valence-corrected chi connectivity index (χ0v) is 10.7. The fourth-order valence-corrected chi connectivity index (χ4v) is 1.34. The largest absolute Gasteiger partial charge is 0.544 e. The summed E-state index contributed by atoms with van der Waals surface area (Å²) in [5, 5.41) is 9.79. The molecule has 0 saturated carbocycles. The van der Waals surface area contributed by atoms with Gasteiger partial charge in [-0.1, -0.05) is 4.90 Å². The Hall–Kier alpha value is -1.49. The topological polar surface area (TPSA) is 89.1 Å². The number of carboxylic acids is 1. The molecule has 1 saturated heterocycles. The number of alkyl halides is 12. The second-order valence-corrected chi connectivity index (χ2v) is 3.96. The van der Waals surface area contributed by atoms with Crippen LogP contribution >= 0.6 is 0 Å². The van der Waals surface area contributed by atoms with Crippen LogP contribution in [0.5, 0.6) is 0 Å². The van der Waals surface area contributed by atoms with Crippen LogP contribution in [-0.2, 0) is 9.53 Å². The molecule has 0 spiro atoms. The predicted octanol–water partition coefficient (Wildman–Crippen LogP) is 2.04. The number of halogens is 12. The minimum absolute atomic E-state index is 0. The molecule has 24 heavy (non-hydrogen) atoms. The van der Waals surface area contributed by atoms with E-state index in [9.17, 15) is 62.6 Å². The van der Waals surface area contributed by atoms with Crippen LogP contribution in [0.15, 0.2) is 0 Å². The van der Waals surface area contributed by atoms with Gasteiger partial charge in [0.15, 0.2) is 0 Å². The number of nitrogens with zero attached hydrogens (tertiary/aromatic N) is 1. The first-order valence-corrected chi connectivity index (χ1v) is 4.76. The maximum atomic E-state index is 13.1. The number of carbonyl (C=O) groups is 1. The first-order chi connectivity index (χ1) is 9.77. The summed E-state index contributed by atoms with van der Waals surface area (Å²) in [6, 6.07) is -21.8. The van der Waals surface area contributed by atoms with Crippen molar-refractivity contribution >= 4 is 5.97 Å². The zero-order valence-electron chi connectivity index (χ0n) is 10.7. The molecule has 0 amide bonds.